The lowest BCUT2D eigenvalue weighted by Crippen LogP contribution is -2.48. The van der Waals surface area contributed by atoms with Gasteiger partial charge in [-0.1, -0.05) is 23.7 Å². The van der Waals surface area contributed by atoms with Gasteiger partial charge < -0.3 is 20.1 Å². The Labute approximate surface area is 196 Å². The van der Waals surface area contributed by atoms with Crippen molar-refractivity contribution in [2.75, 3.05) is 79.3 Å². The first-order chi connectivity index (χ1) is 13.8. The molecule has 0 aromatic heterocycles. The highest BCUT2D eigenvalue weighted by Crippen LogP contribution is 2.23. The van der Waals surface area contributed by atoms with Gasteiger partial charge >= 0.3 is 0 Å². The molecule has 2 N–H and O–H groups in total. The van der Waals surface area contributed by atoms with E-state index < -0.39 is 0 Å². The number of nitrogens with zero attached hydrogens (tertiary/aromatic N) is 3. The lowest BCUT2D eigenvalue weighted by molar-refractivity contribution is 0.0170. The van der Waals surface area contributed by atoms with Crippen LogP contribution in [0.15, 0.2) is 29.3 Å². The summed E-state index contributed by atoms with van der Waals surface area (Å²) in [6.45, 7) is 9.70. The Morgan fingerprint density at radius 1 is 1.03 bits per heavy atom. The molecule has 2 aliphatic rings. The molecule has 0 saturated carbocycles. The van der Waals surface area contributed by atoms with Crippen molar-refractivity contribution in [3.8, 4) is 0 Å². The minimum Gasteiger partial charge on any atom is -0.379 e. The van der Waals surface area contributed by atoms with Crippen molar-refractivity contribution >= 4 is 41.5 Å². The first-order valence-corrected chi connectivity index (χ1v) is 10.5. The second-order valence-electron chi connectivity index (χ2n) is 7.05. The Morgan fingerprint density at radius 2 is 1.66 bits per heavy atom. The molecule has 0 radical (unpaired) electrons. The van der Waals surface area contributed by atoms with Crippen molar-refractivity contribution in [2.24, 2.45) is 4.99 Å². The molecule has 1 unspecified atom stereocenters. The Hall–Kier alpha value is -0.650. The van der Waals surface area contributed by atoms with Gasteiger partial charge in [0.25, 0.3) is 0 Å². The molecule has 7 nitrogen and oxygen atoms in total. The maximum Gasteiger partial charge on any atom is 0.191 e. The normalized spacial score (nSPS) is 20.0. The zero-order chi connectivity index (χ0) is 19.6. The third-order valence-corrected chi connectivity index (χ3v) is 5.50. The average Bonchev–Trinajstić information content (AvgIpc) is 2.75. The standard InChI is InChI=1S/C20H32ClN5O2.HI/c1-22-20(23-6-7-25-8-12-27-13-9-25)24-16-19(26-10-14-28-15-11-26)17-2-4-18(21)5-3-17;/h2-5,19H,6-16H2,1H3,(H2,22,23,24);1H. The van der Waals surface area contributed by atoms with Crippen LogP contribution in [0, 0.1) is 0 Å². The summed E-state index contributed by atoms with van der Waals surface area (Å²) in [5, 5.41) is 7.69. The van der Waals surface area contributed by atoms with Gasteiger partial charge in [0.2, 0.25) is 0 Å². The number of rotatable bonds is 7. The van der Waals surface area contributed by atoms with Crippen molar-refractivity contribution in [3.05, 3.63) is 34.9 Å². The molecular formula is C20H33ClIN5O2. The molecule has 1 aromatic carbocycles. The van der Waals surface area contributed by atoms with Gasteiger partial charge in [0.15, 0.2) is 5.96 Å². The molecule has 9 heteroatoms. The van der Waals surface area contributed by atoms with Gasteiger partial charge in [-0.15, -0.1) is 24.0 Å². The van der Waals surface area contributed by atoms with Crippen LogP contribution in [0.1, 0.15) is 11.6 Å². The molecule has 29 heavy (non-hydrogen) atoms. The molecule has 2 heterocycles. The van der Waals surface area contributed by atoms with Crippen LogP contribution < -0.4 is 10.6 Å². The fourth-order valence-corrected chi connectivity index (χ4v) is 3.73. The number of hydrogen-bond acceptors (Lipinski definition) is 5. The van der Waals surface area contributed by atoms with Crippen LogP contribution in [0.2, 0.25) is 5.02 Å². The van der Waals surface area contributed by atoms with E-state index >= 15 is 0 Å². The third kappa shape index (κ3) is 8.18. The zero-order valence-electron chi connectivity index (χ0n) is 17.1. The molecular weight excluding hydrogens is 505 g/mol. The first kappa shape index (κ1) is 24.6. The molecule has 1 atom stereocenters. The number of ether oxygens (including phenoxy) is 2. The van der Waals surface area contributed by atoms with E-state index in [0.29, 0.717) is 0 Å². The number of halogens is 2. The van der Waals surface area contributed by atoms with Crippen molar-refractivity contribution < 1.29 is 9.47 Å². The zero-order valence-corrected chi connectivity index (χ0v) is 20.2. The van der Waals surface area contributed by atoms with Gasteiger partial charge in [0.1, 0.15) is 0 Å². The summed E-state index contributed by atoms with van der Waals surface area (Å²) in [4.78, 5) is 9.25. The van der Waals surface area contributed by atoms with E-state index in [0.717, 1.165) is 83.2 Å². The van der Waals surface area contributed by atoms with Crippen LogP contribution in [-0.2, 0) is 9.47 Å². The number of guanidine groups is 1. The molecule has 0 bridgehead atoms. The fraction of sp³-hybridized carbons (Fsp3) is 0.650. The van der Waals surface area contributed by atoms with E-state index in [9.17, 15) is 0 Å². The number of hydrogen-bond donors (Lipinski definition) is 2. The van der Waals surface area contributed by atoms with Crippen LogP contribution in [-0.4, -0.2) is 95.0 Å². The Bertz CT molecular complexity index is 607. The van der Waals surface area contributed by atoms with E-state index in [4.69, 9.17) is 21.1 Å². The van der Waals surface area contributed by atoms with Gasteiger partial charge in [-0.2, -0.15) is 0 Å². The minimum absolute atomic E-state index is 0. The Kier molecular flexibility index (Phi) is 11.6. The third-order valence-electron chi connectivity index (χ3n) is 5.25. The molecule has 164 valence electrons. The van der Waals surface area contributed by atoms with Crippen LogP contribution in [0.3, 0.4) is 0 Å². The van der Waals surface area contributed by atoms with E-state index in [1.54, 1.807) is 0 Å². The summed E-state index contributed by atoms with van der Waals surface area (Å²) in [7, 11) is 1.82. The average molecular weight is 538 g/mol. The van der Waals surface area contributed by atoms with Gasteiger partial charge in [-0.3, -0.25) is 14.8 Å². The number of aliphatic imine (C=N–C) groups is 1. The molecule has 0 aliphatic carbocycles. The highest BCUT2D eigenvalue weighted by Gasteiger charge is 2.23. The summed E-state index contributed by atoms with van der Waals surface area (Å²) in [5.74, 6) is 0.834. The highest BCUT2D eigenvalue weighted by atomic mass is 127. The van der Waals surface area contributed by atoms with Crippen LogP contribution in [0.5, 0.6) is 0 Å². The van der Waals surface area contributed by atoms with Crippen LogP contribution in [0.4, 0.5) is 0 Å². The molecule has 1 aromatic rings. The monoisotopic (exact) mass is 537 g/mol. The molecule has 0 spiro atoms. The van der Waals surface area contributed by atoms with Crippen molar-refractivity contribution in [3.63, 3.8) is 0 Å². The van der Waals surface area contributed by atoms with E-state index in [-0.39, 0.29) is 30.0 Å². The van der Waals surface area contributed by atoms with E-state index in [1.165, 1.54) is 5.56 Å². The van der Waals surface area contributed by atoms with Crippen LogP contribution >= 0.6 is 35.6 Å². The summed E-state index contributed by atoms with van der Waals surface area (Å²) >= 11 is 6.08. The lowest BCUT2D eigenvalue weighted by Gasteiger charge is -2.35. The van der Waals surface area contributed by atoms with Crippen LogP contribution in [0.25, 0.3) is 0 Å². The predicted molar refractivity (Wildman–Crippen MR) is 129 cm³/mol. The molecule has 2 saturated heterocycles. The number of benzene rings is 1. The summed E-state index contributed by atoms with van der Waals surface area (Å²) in [5.41, 5.74) is 1.25. The summed E-state index contributed by atoms with van der Waals surface area (Å²) < 4.78 is 10.9. The SMILES string of the molecule is CN=C(NCCN1CCOCC1)NCC(c1ccc(Cl)cc1)N1CCOCC1.I. The maximum absolute atomic E-state index is 6.08. The molecule has 3 rings (SSSR count). The van der Waals surface area contributed by atoms with Gasteiger partial charge in [0, 0.05) is 57.9 Å². The number of morpholine rings is 2. The molecule has 2 fully saturated rings. The molecule has 0 amide bonds. The predicted octanol–water partition coefficient (Wildman–Crippen LogP) is 1.83. The largest absolute Gasteiger partial charge is 0.379 e. The van der Waals surface area contributed by atoms with E-state index in [2.05, 4.69) is 37.6 Å². The Balaban J connectivity index is 0.00000300. The first-order valence-electron chi connectivity index (χ1n) is 10.1. The fourth-order valence-electron chi connectivity index (χ4n) is 3.60. The highest BCUT2D eigenvalue weighted by molar-refractivity contribution is 14.0. The smallest absolute Gasteiger partial charge is 0.191 e. The maximum atomic E-state index is 6.08. The van der Waals surface area contributed by atoms with Gasteiger partial charge in [-0.05, 0) is 17.7 Å². The van der Waals surface area contributed by atoms with Crippen molar-refractivity contribution in [1.29, 1.82) is 0 Å². The lowest BCUT2D eigenvalue weighted by atomic mass is 10.0. The summed E-state index contributed by atoms with van der Waals surface area (Å²) in [6, 6.07) is 8.38. The second-order valence-corrected chi connectivity index (χ2v) is 7.49. The van der Waals surface area contributed by atoms with Gasteiger partial charge in [0.05, 0.1) is 32.5 Å². The topological polar surface area (TPSA) is 61.4 Å². The minimum atomic E-state index is 0. The van der Waals surface area contributed by atoms with Gasteiger partial charge in [-0.25, -0.2) is 0 Å². The second kappa shape index (κ2) is 13.6. The summed E-state index contributed by atoms with van der Waals surface area (Å²) in [6.07, 6.45) is 0. The quantitative estimate of drug-likeness (QED) is 0.314. The van der Waals surface area contributed by atoms with E-state index in [1.807, 2.05) is 19.2 Å². The van der Waals surface area contributed by atoms with Crippen molar-refractivity contribution in [2.45, 2.75) is 6.04 Å². The number of nitrogens with one attached hydrogen (secondary N) is 2. The van der Waals surface area contributed by atoms with Crippen molar-refractivity contribution in [1.82, 2.24) is 20.4 Å². The Morgan fingerprint density at radius 3 is 2.28 bits per heavy atom. The molecule has 2 aliphatic heterocycles.